The molecule has 0 heterocycles. The van der Waals surface area contributed by atoms with Crippen LogP contribution < -0.4 is 4.74 Å². The highest BCUT2D eigenvalue weighted by molar-refractivity contribution is 6.17. The minimum Gasteiger partial charge on any atom is -0.494 e. The molecule has 1 rings (SSSR count). The van der Waals surface area contributed by atoms with Gasteiger partial charge in [-0.25, -0.2) is 0 Å². The first-order chi connectivity index (χ1) is 8.54. The Hall–Kier alpha value is -0.900. The van der Waals surface area contributed by atoms with Crippen LogP contribution in [0.5, 0.6) is 5.75 Å². The summed E-state index contributed by atoms with van der Waals surface area (Å²) in [6.07, 6.45) is -0.340. The molecule has 0 fully saturated rings. The lowest BCUT2D eigenvalue weighted by Gasteiger charge is -2.09. The lowest BCUT2D eigenvalue weighted by atomic mass is 10.2. The van der Waals surface area contributed by atoms with Crippen LogP contribution in [0.2, 0.25) is 0 Å². The van der Waals surface area contributed by atoms with Gasteiger partial charge in [-0.1, -0.05) is 12.8 Å². The number of rotatable bonds is 7. The molecule has 18 heavy (non-hydrogen) atoms. The summed E-state index contributed by atoms with van der Waals surface area (Å²) in [5.74, 6) is 1.14. The molecule has 0 N–H and O–H groups in total. The quantitative estimate of drug-likeness (QED) is 0.511. The molecule has 0 amide bonds. The minimum atomic E-state index is -4.29. The first-order valence-electron chi connectivity index (χ1n) is 5.90. The van der Waals surface area contributed by atoms with Gasteiger partial charge in [-0.05, 0) is 37.1 Å². The average molecular weight is 281 g/mol. The van der Waals surface area contributed by atoms with Crippen LogP contribution in [0, 0.1) is 0 Å². The maximum atomic E-state index is 12.3. The molecule has 0 aromatic heterocycles. The summed E-state index contributed by atoms with van der Waals surface area (Å²) in [6.45, 7) is 0.521. The normalized spacial score (nSPS) is 11.6. The van der Waals surface area contributed by atoms with Crippen molar-refractivity contribution in [3.8, 4) is 5.75 Å². The molecule has 0 atom stereocenters. The molecule has 0 radical (unpaired) electrons. The molecule has 1 aromatic carbocycles. The topological polar surface area (TPSA) is 9.23 Å². The van der Waals surface area contributed by atoms with E-state index in [1.807, 2.05) is 0 Å². The fourth-order valence-corrected chi connectivity index (χ4v) is 1.67. The number of unbranched alkanes of at least 4 members (excludes halogenated alkanes) is 3. The second-order valence-corrected chi connectivity index (χ2v) is 4.35. The molecule has 1 nitrogen and oxygen atoms in total. The Morgan fingerprint density at radius 3 is 2.11 bits per heavy atom. The van der Waals surface area contributed by atoms with Crippen LogP contribution in [-0.4, -0.2) is 12.5 Å². The fourth-order valence-electron chi connectivity index (χ4n) is 1.48. The van der Waals surface area contributed by atoms with E-state index in [2.05, 4.69) is 0 Å². The van der Waals surface area contributed by atoms with E-state index in [1.165, 1.54) is 12.1 Å². The number of halogens is 4. The highest BCUT2D eigenvalue weighted by atomic mass is 35.5. The second kappa shape index (κ2) is 7.52. The first-order valence-corrected chi connectivity index (χ1v) is 6.43. The SMILES string of the molecule is FC(F)(F)c1ccc(OCCCCCCCl)cc1. The number of ether oxygens (including phenoxy) is 1. The van der Waals surface area contributed by atoms with Crippen molar-refractivity contribution >= 4 is 11.6 Å². The Morgan fingerprint density at radius 2 is 1.56 bits per heavy atom. The van der Waals surface area contributed by atoms with Crippen LogP contribution in [0.3, 0.4) is 0 Å². The zero-order chi connectivity index (χ0) is 13.4. The largest absolute Gasteiger partial charge is 0.494 e. The fraction of sp³-hybridized carbons (Fsp3) is 0.538. The molecule has 0 saturated heterocycles. The van der Waals surface area contributed by atoms with Gasteiger partial charge in [0.25, 0.3) is 0 Å². The predicted octanol–water partition coefficient (Wildman–Crippen LogP) is 4.88. The smallest absolute Gasteiger partial charge is 0.416 e. The molecule has 0 aliphatic heterocycles. The van der Waals surface area contributed by atoms with Gasteiger partial charge < -0.3 is 4.74 Å². The summed E-state index contributed by atoms with van der Waals surface area (Å²) < 4.78 is 42.2. The van der Waals surface area contributed by atoms with Crippen molar-refractivity contribution in [3.63, 3.8) is 0 Å². The molecule has 102 valence electrons. The summed E-state index contributed by atoms with van der Waals surface area (Å²) in [6, 6.07) is 4.76. The van der Waals surface area contributed by atoms with E-state index in [-0.39, 0.29) is 0 Å². The van der Waals surface area contributed by atoms with Crippen molar-refractivity contribution in [2.24, 2.45) is 0 Å². The van der Waals surface area contributed by atoms with E-state index in [9.17, 15) is 13.2 Å². The zero-order valence-corrected chi connectivity index (χ0v) is 10.7. The van der Waals surface area contributed by atoms with Crippen molar-refractivity contribution in [2.75, 3.05) is 12.5 Å². The molecule has 5 heteroatoms. The van der Waals surface area contributed by atoms with Crippen LogP contribution in [0.1, 0.15) is 31.2 Å². The summed E-state index contributed by atoms with van der Waals surface area (Å²) in [5.41, 5.74) is -0.656. The molecular weight excluding hydrogens is 265 g/mol. The van der Waals surface area contributed by atoms with Crippen LogP contribution in [0.4, 0.5) is 13.2 Å². The van der Waals surface area contributed by atoms with Crippen molar-refractivity contribution in [2.45, 2.75) is 31.9 Å². The molecule has 0 unspecified atom stereocenters. The van der Waals surface area contributed by atoms with Gasteiger partial charge >= 0.3 is 6.18 Å². The van der Waals surface area contributed by atoms with Crippen molar-refractivity contribution in [1.29, 1.82) is 0 Å². The van der Waals surface area contributed by atoms with Crippen molar-refractivity contribution in [3.05, 3.63) is 29.8 Å². The van der Waals surface area contributed by atoms with Crippen LogP contribution in [0.15, 0.2) is 24.3 Å². The average Bonchev–Trinajstić information content (AvgIpc) is 2.33. The van der Waals surface area contributed by atoms with Crippen LogP contribution >= 0.6 is 11.6 Å². The van der Waals surface area contributed by atoms with Gasteiger partial charge in [-0.3, -0.25) is 0 Å². The summed E-state index contributed by atoms with van der Waals surface area (Å²) in [5, 5.41) is 0. The molecular formula is C13H16ClF3O. The maximum absolute atomic E-state index is 12.3. The molecule has 0 saturated carbocycles. The third-order valence-corrected chi connectivity index (χ3v) is 2.75. The lowest BCUT2D eigenvalue weighted by Crippen LogP contribution is -2.04. The van der Waals surface area contributed by atoms with Crippen molar-refractivity contribution in [1.82, 2.24) is 0 Å². The monoisotopic (exact) mass is 280 g/mol. The first kappa shape index (κ1) is 15.2. The van der Waals surface area contributed by atoms with Gasteiger partial charge in [0, 0.05) is 5.88 Å². The number of hydrogen-bond donors (Lipinski definition) is 0. The summed E-state index contributed by atoms with van der Waals surface area (Å²) >= 11 is 5.54. The molecule has 0 aliphatic carbocycles. The Kier molecular flexibility index (Phi) is 6.33. The number of hydrogen-bond acceptors (Lipinski definition) is 1. The molecule has 0 aliphatic rings. The zero-order valence-electron chi connectivity index (χ0n) is 9.97. The number of benzene rings is 1. The third kappa shape index (κ3) is 5.63. The van der Waals surface area contributed by atoms with E-state index < -0.39 is 11.7 Å². The van der Waals surface area contributed by atoms with Crippen LogP contribution in [-0.2, 0) is 6.18 Å². The van der Waals surface area contributed by atoms with Gasteiger partial charge in [0.1, 0.15) is 5.75 Å². The highest BCUT2D eigenvalue weighted by Gasteiger charge is 2.29. The second-order valence-electron chi connectivity index (χ2n) is 3.97. The van der Waals surface area contributed by atoms with E-state index in [0.717, 1.165) is 37.8 Å². The Morgan fingerprint density at radius 1 is 0.944 bits per heavy atom. The van der Waals surface area contributed by atoms with Gasteiger partial charge in [0.05, 0.1) is 12.2 Å². The summed E-state index contributed by atoms with van der Waals surface area (Å²) in [7, 11) is 0. The standard InChI is InChI=1S/C13H16ClF3O/c14-9-3-1-2-4-10-18-12-7-5-11(6-8-12)13(15,16)17/h5-8H,1-4,9-10H2. The molecule has 1 aromatic rings. The molecule has 0 bridgehead atoms. The predicted molar refractivity (Wildman–Crippen MR) is 66.1 cm³/mol. The van der Waals surface area contributed by atoms with E-state index >= 15 is 0 Å². The Labute approximate surface area is 110 Å². The van der Waals surface area contributed by atoms with Gasteiger partial charge in [0.2, 0.25) is 0 Å². The Balaban J connectivity index is 2.27. The maximum Gasteiger partial charge on any atom is 0.416 e. The van der Waals surface area contributed by atoms with Crippen LogP contribution in [0.25, 0.3) is 0 Å². The van der Waals surface area contributed by atoms with Crippen molar-refractivity contribution < 1.29 is 17.9 Å². The molecule has 0 spiro atoms. The van der Waals surface area contributed by atoms with E-state index in [1.54, 1.807) is 0 Å². The summed E-state index contributed by atoms with van der Waals surface area (Å²) in [4.78, 5) is 0. The van der Waals surface area contributed by atoms with E-state index in [4.69, 9.17) is 16.3 Å². The van der Waals surface area contributed by atoms with Gasteiger partial charge in [0.15, 0.2) is 0 Å². The van der Waals surface area contributed by atoms with Gasteiger partial charge in [-0.2, -0.15) is 13.2 Å². The lowest BCUT2D eigenvalue weighted by molar-refractivity contribution is -0.137. The third-order valence-electron chi connectivity index (χ3n) is 2.48. The number of alkyl halides is 4. The minimum absolute atomic E-state index is 0.473. The van der Waals surface area contributed by atoms with E-state index in [0.29, 0.717) is 18.2 Å². The Bertz CT molecular complexity index is 335. The highest BCUT2D eigenvalue weighted by Crippen LogP contribution is 2.30. The van der Waals surface area contributed by atoms with Gasteiger partial charge in [-0.15, -0.1) is 11.6 Å².